The van der Waals surface area contributed by atoms with E-state index in [2.05, 4.69) is 28.1 Å². The van der Waals surface area contributed by atoms with E-state index >= 15 is 0 Å². The van der Waals surface area contributed by atoms with Crippen LogP contribution in [-0.2, 0) is 16.3 Å². The minimum absolute atomic E-state index is 0.348. The van der Waals surface area contributed by atoms with Crippen molar-refractivity contribution >= 4 is 21.5 Å². The van der Waals surface area contributed by atoms with E-state index in [0.29, 0.717) is 11.4 Å². The molecule has 0 spiro atoms. The predicted molar refractivity (Wildman–Crippen MR) is 126 cm³/mol. The van der Waals surface area contributed by atoms with Crippen LogP contribution in [0.5, 0.6) is 5.75 Å². The third kappa shape index (κ3) is 6.13. The minimum Gasteiger partial charge on any atom is -0.495 e. The maximum atomic E-state index is 11.6. The van der Waals surface area contributed by atoms with Crippen LogP contribution in [0.1, 0.15) is 12.5 Å². The van der Waals surface area contributed by atoms with Crippen molar-refractivity contribution in [2.24, 2.45) is 4.99 Å². The molecule has 0 atom stereocenters. The highest BCUT2D eigenvalue weighted by atomic mass is 32.2. The number of benzene rings is 2. The largest absolute Gasteiger partial charge is 0.495 e. The molecule has 0 saturated carbocycles. The van der Waals surface area contributed by atoms with E-state index in [1.54, 1.807) is 19.2 Å². The molecule has 2 aromatic carbocycles. The van der Waals surface area contributed by atoms with Crippen molar-refractivity contribution in [3.63, 3.8) is 0 Å². The Kier molecular flexibility index (Phi) is 7.79. The summed E-state index contributed by atoms with van der Waals surface area (Å²) in [5.41, 5.74) is 2.21. The Labute approximate surface area is 185 Å². The highest BCUT2D eigenvalue weighted by Gasteiger charge is 2.21. The first kappa shape index (κ1) is 22.9. The smallest absolute Gasteiger partial charge is 0.194 e. The number of piperazine rings is 1. The first-order chi connectivity index (χ1) is 14.9. The van der Waals surface area contributed by atoms with Crippen LogP contribution >= 0.6 is 0 Å². The lowest BCUT2D eigenvalue weighted by atomic mass is 10.1. The number of methoxy groups -OCH3 is 1. The number of hydrogen-bond acceptors (Lipinski definition) is 5. The molecule has 0 aliphatic carbocycles. The van der Waals surface area contributed by atoms with Crippen LogP contribution in [-0.4, -0.2) is 71.9 Å². The number of guanidine groups is 1. The van der Waals surface area contributed by atoms with E-state index in [-0.39, 0.29) is 0 Å². The Morgan fingerprint density at radius 3 is 2.35 bits per heavy atom. The van der Waals surface area contributed by atoms with Gasteiger partial charge in [-0.2, -0.15) is 0 Å². The molecule has 1 N–H and O–H groups in total. The molecule has 1 fully saturated rings. The van der Waals surface area contributed by atoms with Crippen LogP contribution in [0.4, 0.5) is 5.69 Å². The summed E-state index contributed by atoms with van der Waals surface area (Å²) in [4.78, 5) is 9.80. The molecule has 168 valence electrons. The number of ether oxygens (including phenoxy) is 1. The maximum absolute atomic E-state index is 11.6. The SMILES string of the molecule is CCNC(=NCCc1ccc(S(C)(=O)=O)cc1)N1CCN(c2ccccc2OC)CC1. The number of anilines is 1. The van der Waals surface area contributed by atoms with Crippen molar-refractivity contribution < 1.29 is 13.2 Å². The van der Waals surface area contributed by atoms with Crippen LogP contribution in [0, 0.1) is 0 Å². The number of nitrogens with zero attached hydrogens (tertiary/aromatic N) is 3. The lowest BCUT2D eigenvalue weighted by molar-refractivity contribution is 0.367. The maximum Gasteiger partial charge on any atom is 0.194 e. The molecule has 0 bridgehead atoms. The molecule has 31 heavy (non-hydrogen) atoms. The van der Waals surface area contributed by atoms with E-state index in [4.69, 9.17) is 9.73 Å². The van der Waals surface area contributed by atoms with Gasteiger partial charge in [-0.25, -0.2) is 8.42 Å². The molecule has 0 unspecified atom stereocenters. The van der Waals surface area contributed by atoms with Gasteiger partial charge in [0.2, 0.25) is 0 Å². The second-order valence-electron chi connectivity index (χ2n) is 7.55. The Bertz CT molecular complexity index is 982. The van der Waals surface area contributed by atoms with Crippen LogP contribution in [0.3, 0.4) is 0 Å². The van der Waals surface area contributed by atoms with Gasteiger partial charge in [-0.05, 0) is 43.2 Å². The second-order valence-corrected chi connectivity index (χ2v) is 9.56. The Morgan fingerprint density at radius 1 is 1.06 bits per heavy atom. The van der Waals surface area contributed by atoms with Gasteiger partial charge in [0.15, 0.2) is 15.8 Å². The quantitative estimate of drug-likeness (QED) is 0.522. The van der Waals surface area contributed by atoms with Gasteiger partial charge < -0.3 is 19.9 Å². The molecule has 7 nitrogen and oxygen atoms in total. The van der Waals surface area contributed by atoms with E-state index in [9.17, 15) is 8.42 Å². The summed E-state index contributed by atoms with van der Waals surface area (Å²) in [5.74, 6) is 1.83. The molecule has 0 amide bonds. The molecular weight excluding hydrogens is 412 g/mol. The molecular formula is C23H32N4O3S. The van der Waals surface area contributed by atoms with Crippen molar-refractivity contribution in [1.82, 2.24) is 10.2 Å². The first-order valence-corrected chi connectivity index (χ1v) is 12.5. The zero-order valence-electron chi connectivity index (χ0n) is 18.5. The Morgan fingerprint density at radius 2 is 1.74 bits per heavy atom. The predicted octanol–water partition coefficient (Wildman–Crippen LogP) is 2.43. The van der Waals surface area contributed by atoms with E-state index in [0.717, 1.165) is 62.1 Å². The molecule has 0 aromatic heterocycles. The van der Waals surface area contributed by atoms with E-state index in [1.165, 1.54) is 6.26 Å². The number of aliphatic imine (C=N–C) groups is 1. The highest BCUT2D eigenvalue weighted by Crippen LogP contribution is 2.28. The molecule has 8 heteroatoms. The molecule has 1 heterocycles. The minimum atomic E-state index is -3.16. The van der Waals surface area contributed by atoms with Crippen molar-refractivity contribution in [2.45, 2.75) is 18.2 Å². The van der Waals surface area contributed by atoms with E-state index < -0.39 is 9.84 Å². The second kappa shape index (κ2) is 10.5. The summed E-state index contributed by atoms with van der Waals surface area (Å²) in [7, 11) is -1.45. The Hall–Kier alpha value is -2.74. The third-order valence-electron chi connectivity index (χ3n) is 5.35. The van der Waals surface area contributed by atoms with Crippen LogP contribution in [0.25, 0.3) is 0 Å². The fourth-order valence-corrected chi connectivity index (χ4v) is 4.30. The number of nitrogens with one attached hydrogen (secondary N) is 1. The monoisotopic (exact) mass is 444 g/mol. The van der Waals surface area contributed by atoms with Crippen molar-refractivity contribution in [2.75, 3.05) is 57.5 Å². The van der Waals surface area contributed by atoms with Crippen LogP contribution in [0.15, 0.2) is 58.4 Å². The van der Waals surface area contributed by atoms with Crippen LogP contribution in [0.2, 0.25) is 0 Å². The van der Waals surface area contributed by atoms with Gasteiger partial charge in [-0.1, -0.05) is 24.3 Å². The van der Waals surface area contributed by atoms with Gasteiger partial charge in [-0.15, -0.1) is 0 Å². The standard InChI is InChI=1S/C23H32N4O3S/c1-4-24-23(25-14-13-19-9-11-20(12-10-19)31(3,28)29)27-17-15-26(16-18-27)21-7-5-6-8-22(21)30-2/h5-12H,4,13-18H2,1-3H3,(H,24,25). The lowest BCUT2D eigenvalue weighted by Crippen LogP contribution is -2.52. The van der Waals surface area contributed by atoms with Crippen LogP contribution < -0.4 is 15.0 Å². The summed E-state index contributed by atoms with van der Waals surface area (Å²) in [6, 6.07) is 15.2. The normalized spacial score (nSPS) is 15.1. The van der Waals surface area contributed by atoms with E-state index in [1.807, 2.05) is 30.3 Å². The summed E-state index contributed by atoms with van der Waals surface area (Å²) in [6.45, 7) is 7.10. The fraction of sp³-hybridized carbons (Fsp3) is 0.435. The van der Waals surface area contributed by atoms with Gasteiger partial charge in [-0.3, -0.25) is 4.99 Å². The van der Waals surface area contributed by atoms with Gasteiger partial charge in [0.1, 0.15) is 5.75 Å². The number of sulfone groups is 1. The molecule has 2 aromatic rings. The average molecular weight is 445 g/mol. The number of hydrogen-bond donors (Lipinski definition) is 1. The fourth-order valence-electron chi connectivity index (χ4n) is 3.67. The van der Waals surface area contributed by atoms with Gasteiger partial charge in [0.05, 0.1) is 17.7 Å². The third-order valence-corrected chi connectivity index (χ3v) is 6.48. The molecule has 1 aliphatic heterocycles. The number of rotatable bonds is 7. The van der Waals surface area contributed by atoms with Crippen molar-refractivity contribution in [3.05, 3.63) is 54.1 Å². The van der Waals surface area contributed by atoms with Crippen molar-refractivity contribution in [3.8, 4) is 5.75 Å². The zero-order valence-corrected chi connectivity index (χ0v) is 19.4. The van der Waals surface area contributed by atoms with Gasteiger partial charge in [0, 0.05) is 45.5 Å². The highest BCUT2D eigenvalue weighted by molar-refractivity contribution is 7.90. The summed E-state index contributed by atoms with van der Waals surface area (Å²) in [5, 5.41) is 3.40. The number of para-hydroxylation sites is 2. The molecule has 3 rings (SSSR count). The molecule has 0 radical (unpaired) electrons. The average Bonchev–Trinajstić information content (AvgIpc) is 2.78. The van der Waals surface area contributed by atoms with Gasteiger partial charge in [0.25, 0.3) is 0 Å². The topological polar surface area (TPSA) is 74.2 Å². The summed E-state index contributed by atoms with van der Waals surface area (Å²) in [6.07, 6.45) is 1.99. The summed E-state index contributed by atoms with van der Waals surface area (Å²) >= 11 is 0. The Balaban J connectivity index is 1.59. The zero-order chi connectivity index (χ0) is 22.3. The molecule has 1 saturated heterocycles. The van der Waals surface area contributed by atoms with Gasteiger partial charge >= 0.3 is 0 Å². The molecule has 1 aliphatic rings. The van der Waals surface area contributed by atoms with Crippen molar-refractivity contribution in [1.29, 1.82) is 0 Å². The lowest BCUT2D eigenvalue weighted by Gasteiger charge is -2.38. The summed E-state index contributed by atoms with van der Waals surface area (Å²) < 4.78 is 28.7. The first-order valence-electron chi connectivity index (χ1n) is 10.6.